The van der Waals surface area contributed by atoms with Crippen LogP contribution in [0.2, 0.25) is 0 Å². The Kier molecular flexibility index (Phi) is 4.31. The predicted octanol–water partition coefficient (Wildman–Crippen LogP) is 1.11. The SMILES string of the molecule is CNNC(=O)Cc1cc(C)c(C)cc1OC. The summed E-state index contributed by atoms with van der Waals surface area (Å²) in [7, 11) is 3.28. The maximum atomic E-state index is 11.4. The Bertz CT molecular complexity index is 389. The van der Waals surface area contributed by atoms with Crippen LogP contribution in [-0.4, -0.2) is 20.1 Å². The number of aryl methyl sites for hydroxylation is 2. The van der Waals surface area contributed by atoms with E-state index in [0.29, 0.717) is 6.42 Å². The molecule has 0 unspecified atom stereocenters. The average Bonchev–Trinajstić information content (AvgIpc) is 2.23. The molecule has 4 heteroatoms. The summed E-state index contributed by atoms with van der Waals surface area (Å²) in [6.07, 6.45) is 0.311. The zero-order chi connectivity index (χ0) is 12.1. The molecule has 88 valence electrons. The molecule has 0 radical (unpaired) electrons. The zero-order valence-corrected chi connectivity index (χ0v) is 10.2. The average molecular weight is 222 g/mol. The van der Waals surface area contributed by atoms with E-state index in [1.807, 2.05) is 26.0 Å². The quantitative estimate of drug-likeness (QED) is 0.750. The number of hydrogen-bond donors (Lipinski definition) is 2. The van der Waals surface area contributed by atoms with E-state index >= 15 is 0 Å². The van der Waals surface area contributed by atoms with Crippen LogP contribution in [0.15, 0.2) is 12.1 Å². The van der Waals surface area contributed by atoms with Crippen molar-refractivity contribution in [3.8, 4) is 5.75 Å². The van der Waals surface area contributed by atoms with Gasteiger partial charge in [-0.1, -0.05) is 6.07 Å². The smallest absolute Gasteiger partial charge is 0.238 e. The largest absolute Gasteiger partial charge is 0.496 e. The van der Waals surface area contributed by atoms with Gasteiger partial charge in [0.25, 0.3) is 0 Å². The van der Waals surface area contributed by atoms with Crippen LogP contribution in [0.4, 0.5) is 0 Å². The van der Waals surface area contributed by atoms with Crippen LogP contribution in [0, 0.1) is 13.8 Å². The molecule has 0 bridgehead atoms. The third-order valence-electron chi connectivity index (χ3n) is 2.51. The normalized spacial score (nSPS) is 10.0. The van der Waals surface area contributed by atoms with Gasteiger partial charge in [0.1, 0.15) is 5.75 Å². The van der Waals surface area contributed by atoms with E-state index < -0.39 is 0 Å². The zero-order valence-electron chi connectivity index (χ0n) is 10.2. The highest BCUT2D eigenvalue weighted by atomic mass is 16.5. The van der Waals surface area contributed by atoms with Gasteiger partial charge in [-0.2, -0.15) is 0 Å². The predicted molar refractivity (Wildman–Crippen MR) is 63.4 cm³/mol. The Labute approximate surface area is 96.0 Å². The van der Waals surface area contributed by atoms with Crippen LogP contribution in [0.3, 0.4) is 0 Å². The van der Waals surface area contributed by atoms with E-state index in [2.05, 4.69) is 10.9 Å². The summed E-state index contributed by atoms with van der Waals surface area (Å²) in [5.41, 5.74) is 8.37. The molecule has 0 aliphatic heterocycles. The molecule has 0 saturated carbocycles. The first-order valence-electron chi connectivity index (χ1n) is 5.18. The van der Waals surface area contributed by atoms with Gasteiger partial charge in [-0.3, -0.25) is 10.2 Å². The number of methoxy groups -OCH3 is 1. The van der Waals surface area contributed by atoms with Gasteiger partial charge in [0, 0.05) is 12.6 Å². The van der Waals surface area contributed by atoms with Crippen molar-refractivity contribution in [1.82, 2.24) is 10.9 Å². The van der Waals surface area contributed by atoms with E-state index in [1.54, 1.807) is 14.2 Å². The second-order valence-electron chi connectivity index (χ2n) is 3.72. The monoisotopic (exact) mass is 222 g/mol. The summed E-state index contributed by atoms with van der Waals surface area (Å²) >= 11 is 0. The summed E-state index contributed by atoms with van der Waals surface area (Å²) in [5, 5.41) is 0. The lowest BCUT2D eigenvalue weighted by Crippen LogP contribution is -2.35. The molecule has 0 atom stereocenters. The minimum atomic E-state index is -0.0796. The van der Waals surface area contributed by atoms with Crippen molar-refractivity contribution in [2.75, 3.05) is 14.2 Å². The summed E-state index contributed by atoms with van der Waals surface area (Å²) < 4.78 is 5.26. The second kappa shape index (κ2) is 5.51. The molecule has 0 aromatic heterocycles. The number of carbonyl (C=O) groups excluding carboxylic acids is 1. The minimum absolute atomic E-state index is 0.0796. The van der Waals surface area contributed by atoms with Crippen molar-refractivity contribution in [3.63, 3.8) is 0 Å². The molecule has 1 rings (SSSR count). The third kappa shape index (κ3) is 2.97. The van der Waals surface area contributed by atoms with E-state index in [9.17, 15) is 4.79 Å². The lowest BCUT2D eigenvalue weighted by atomic mass is 10.0. The number of amides is 1. The first-order valence-corrected chi connectivity index (χ1v) is 5.18. The number of carbonyl (C=O) groups is 1. The maximum Gasteiger partial charge on any atom is 0.238 e. The van der Waals surface area contributed by atoms with E-state index in [4.69, 9.17) is 4.74 Å². The molecule has 0 heterocycles. The summed E-state index contributed by atoms with van der Waals surface area (Å²) in [5.74, 6) is 0.679. The van der Waals surface area contributed by atoms with Gasteiger partial charge in [0.05, 0.1) is 13.5 Å². The lowest BCUT2D eigenvalue weighted by Gasteiger charge is -2.11. The molecule has 0 aliphatic rings. The van der Waals surface area contributed by atoms with Gasteiger partial charge >= 0.3 is 0 Å². The number of nitrogens with one attached hydrogen (secondary N) is 2. The number of rotatable bonds is 4. The van der Waals surface area contributed by atoms with E-state index in [1.165, 1.54) is 0 Å². The summed E-state index contributed by atoms with van der Waals surface area (Å²) in [6, 6.07) is 3.95. The number of hydrogen-bond acceptors (Lipinski definition) is 3. The molecule has 2 N–H and O–H groups in total. The highest BCUT2D eigenvalue weighted by Gasteiger charge is 2.09. The minimum Gasteiger partial charge on any atom is -0.496 e. The van der Waals surface area contributed by atoms with Crippen molar-refractivity contribution < 1.29 is 9.53 Å². The molecular formula is C12H18N2O2. The first-order chi connectivity index (χ1) is 7.58. The molecule has 0 saturated heterocycles. The maximum absolute atomic E-state index is 11.4. The van der Waals surface area contributed by atoms with Crippen LogP contribution in [0.1, 0.15) is 16.7 Å². The van der Waals surface area contributed by atoms with Crippen LogP contribution in [0.5, 0.6) is 5.75 Å². The molecule has 0 fully saturated rings. The number of hydrazine groups is 1. The van der Waals surface area contributed by atoms with Crippen LogP contribution in [0.25, 0.3) is 0 Å². The van der Waals surface area contributed by atoms with Crippen LogP contribution in [-0.2, 0) is 11.2 Å². The van der Waals surface area contributed by atoms with Gasteiger partial charge in [-0.15, -0.1) is 0 Å². The highest BCUT2D eigenvalue weighted by Crippen LogP contribution is 2.23. The summed E-state index contributed by atoms with van der Waals surface area (Å²) in [4.78, 5) is 11.4. The highest BCUT2D eigenvalue weighted by molar-refractivity contribution is 5.79. The molecular weight excluding hydrogens is 204 g/mol. The molecule has 0 spiro atoms. The fourth-order valence-electron chi connectivity index (χ4n) is 1.53. The van der Waals surface area contributed by atoms with E-state index in [-0.39, 0.29) is 5.91 Å². The van der Waals surface area contributed by atoms with Crippen LogP contribution < -0.4 is 15.6 Å². The van der Waals surface area contributed by atoms with E-state index in [0.717, 1.165) is 22.4 Å². The Balaban J connectivity index is 2.94. The molecule has 4 nitrogen and oxygen atoms in total. The van der Waals surface area contributed by atoms with Crippen LogP contribution >= 0.6 is 0 Å². The van der Waals surface area contributed by atoms with Gasteiger partial charge in [-0.25, -0.2) is 5.43 Å². The Morgan fingerprint density at radius 2 is 1.94 bits per heavy atom. The fraction of sp³-hybridized carbons (Fsp3) is 0.417. The topological polar surface area (TPSA) is 50.4 Å². The van der Waals surface area contributed by atoms with Gasteiger partial charge in [0.2, 0.25) is 5.91 Å². The fourth-order valence-corrected chi connectivity index (χ4v) is 1.53. The van der Waals surface area contributed by atoms with Gasteiger partial charge in [0.15, 0.2) is 0 Å². The standard InChI is InChI=1S/C12H18N2O2/c1-8-5-10(7-12(15)14-13-3)11(16-4)6-9(8)2/h5-6,13H,7H2,1-4H3,(H,14,15). The second-order valence-corrected chi connectivity index (χ2v) is 3.72. The first kappa shape index (κ1) is 12.5. The summed E-state index contributed by atoms with van der Waals surface area (Å²) in [6.45, 7) is 4.05. The van der Waals surface area contributed by atoms with Gasteiger partial charge < -0.3 is 4.74 Å². The molecule has 16 heavy (non-hydrogen) atoms. The lowest BCUT2D eigenvalue weighted by molar-refractivity contribution is -0.121. The third-order valence-corrected chi connectivity index (χ3v) is 2.51. The van der Waals surface area contributed by atoms with Crippen molar-refractivity contribution in [2.45, 2.75) is 20.3 Å². The molecule has 1 aromatic carbocycles. The Morgan fingerprint density at radius 3 is 2.50 bits per heavy atom. The number of benzene rings is 1. The Hall–Kier alpha value is -1.55. The van der Waals surface area contributed by atoms with Crippen molar-refractivity contribution in [3.05, 3.63) is 28.8 Å². The Morgan fingerprint density at radius 1 is 1.31 bits per heavy atom. The van der Waals surface area contributed by atoms with Crippen molar-refractivity contribution >= 4 is 5.91 Å². The van der Waals surface area contributed by atoms with Crippen molar-refractivity contribution in [2.24, 2.45) is 0 Å². The molecule has 1 aromatic rings. The number of ether oxygens (including phenoxy) is 1. The van der Waals surface area contributed by atoms with Crippen molar-refractivity contribution in [1.29, 1.82) is 0 Å². The molecule has 1 amide bonds. The van der Waals surface area contributed by atoms with Gasteiger partial charge in [-0.05, 0) is 31.0 Å². The molecule has 0 aliphatic carbocycles.